The van der Waals surface area contributed by atoms with E-state index in [1.54, 1.807) is 6.92 Å². The van der Waals surface area contributed by atoms with Crippen LogP contribution in [0.15, 0.2) is 0 Å². The first-order chi connectivity index (χ1) is 6.06. The van der Waals surface area contributed by atoms with Crippen molar-refractivity contribution in [3.05, 3.63) is 0 Å². The molecular formula is C7H12O5S. The molecule has 0 fully saturated rings. The molecule has 0 saturated carbocycles. The van der Waals surface area contributed by atoms with Crippen LogP contribution in [0.4, 0.5) is 0 Å². The second kappa shape index (κ2) is 6.86. The molecule has 0 aliphatic carbocycles. The van der Waals surface area contributed by atoms with Crippen molar-refractivity contribution in [2.24, 2.45) is 0 Å². The third kappa shape index (κ3) is 11.4. The molecule has 6 heteroatoms. The predicted molar refractivity (Wildman–Crippen MR) is 46.4 cm³/mol. The monoisotopic (exact) mass is 208 g/mol. The molecule has 0 bridgehead atoms. The van der Waals surface area contributed by atoms with Gasteiger partial charge in [0.2, 0.25) is 0 Å². The normalized spacial score (nSPS) is 10.6. The van der Waals surface area contributed by atoms with Gasteiger partial charge in [-0.3, -0.25) is 4.55 Å². The van der Waals surface area contributed by atoms with Crippen LogP contribution in [0.3, 0.4) is 0 Å². The quantitative estimate of drug-likeness (QED) is 0.384. The van der Waals surface area contributed by atoms with Crippen molar-refractivity contribution < 1.29 is 21.9 Å². The maximum Gasteiger partial charge on any atom is 0.397 e. The lowest BCUT2D eigenvalue weighted by Crippen LogP contribution is -2.07. The predicted octanol–water partition coefficient (Wildman–Crippen LogP) is 0.236. The Labute approximate surface area is 78.0 Å². The third-order valence-electron chi connectivity index (χ3n) is 1.02. The highest BCUT2D eigenvalue weighted by atomic mass is 32.3. The van der Waals surface area contributed by atoms with Crippen LogP contribution in [0, 0.1) is 11.8 Å². The Morgan fingerprint density at radius 3 is 2.62 bits per heavy atom. The van der Waals surface area contributed by atoms with Crippen LogP contribution in [0.25, 0.3) is 0 Å². The van der Waals surface area contributed by atoms with Crippen LogP contribution < -0.4 is 0 Å². The highest BCUT2D eigenvalue weighted by Gasteiger charge is 2.02. The van der Waals surface area contributed by atoms with E-state index in [0.29, 0.717) is 19.6 Å². The first-order valence-electron chi connectivity index (χ1n) is 3.65. The van der Waals surface area contributed by atoms with Gasteiger partial charge in [0.15, 0.2) is 0 Å². The fourth-order valence-corrected chi connectivity index (χ4v) is 0.849. The summed E-state index contributed by atoms with van der Waals surface area (Å²) in [6.07, 6.45) is 0.394. The molecule has 0 aromatic carbocycles. The van der Waals surface area contributed by atoms with Gasteiger partial charge in [-0.15, -0.1) is 5.92 Å². The van der Waals surface area contributed by atoms with E-state index < -0.39 is 10.4 Å². The summed E-state index contributed by atoms with van der Waals surface area (Å²) in [6.45, 7) is 2.29. The Morgan fingerprint density at radius 1 is 1.38 bits per heavy atom. The van der Waals surface area contributed by atoms with Gasteiger partial charge >= 0.3 is 10.4 Å². The molecule has 0 radical (unpaired) electrons. The van der Waals surface area contributed by atoms with E-state index in [0.717, 1.165) is 0 Å². The van der Waals surface area contributed by atoms with E-state index >= 15 is 0 Å². The first-order valence-corrected chi connectivity index (χ1v) is 5.02. The molecule has 0 saturated heterocycles. The lowest BCUT2D eigenvalue weighted by molar-refractivity contribution is 0.145. The number of ether oxygens (including phenoxy) is 1. The summed E-state index contributed by atoms with van der Waals surface area (Å²) < 4.78 is 37.2. The van der Waals surface area contributed by atoms with Crippen molar-refractivity contribution in [3.8, 4) is 11.8 Å². The van der Waals surface area contributed by atoms with Crippen LogP contribution in [-0.4, -0.2) is 32.8 Å². The molecule has 0 heterocycles. The summed E-state index contributed by atoms with van der Waals surface area (Å²) in [5.41, 5.74) is 0. The lowest BCUT2D eigenvalue weighted by atomic mass is 10.5. The molecule has 13 heavy (non-hydrogen) atoms. The summed E-state index contributed by atoms with van der Waals surface area (Å²) >= 11 is 0. The van der Waals surface area contributed by atoms with Crippen LogP contribution in [0.5, 0.6) is 0 Å². The SMILES string of the molecule is CC#CCOCCCOS(=O)(=O)O. The molecule has 5 nitrogen and oxygen atoms in total. The smallest absolute Gasteiger partial charge is 0.369 e. The minimum absolute atomic E-state index is 0.0849. The molecule has 0 unspecified atom stereocenters. The number of hydrogen-bond acceptors (Lipinski definition) is 4. The van der Waals surface area contributed by atoms with Gasteiger partial charge in [-0.25, -0.2) is 4.18 Å². The van der Waals surface area contributed by atoms with E-state index in [4.69, 9.17) is 9.29 Å². The highest BCUT2D eigenvalue weighted by Crippen LogP contribution is 1.89. The van der Waals surface area contributed by atoms with E-state index in [1.807, 2.05) is 0 Å². The van der Waals surface area contributed by atoms with Gasteiger partial charge in [0, 0.05) is 0 Å². The Bertz CT molecular complexity index is 271. The Kier molecular flexibility index (Phi) is 6.54. The van der Waals surface area contributed by atoms with Gasteiger partial charge in [-0.1, -0.05) is 5.92 Å². The minimum Gasteiger partial charge on any atom is -0.369 e. The zero-order chi connectivity index (χ0) is 10.2. The van der Waals surface area contributed by atoms with Gasteiger partial charge in [0.25, 0.3) is 0 Å². The van der Waals surface area contributed by atoms with Crippen LogP contribution in [-0.2, 0) is 19.3 Å². The molecule has 0 aromatic rings. The lowest BCUT2D eigenvalue weighted by Gasteiger charge is -1.99. The second-order valence-electron chi connectivity index (χ2n) is 2.08. The average Bonchev–Trinajstić information content (AvgIpc) is 2.01. The molecule has 0 atom stereocenters. The van der Waals surface area contributed by atoms with Crippen molar-refractivity contribution in [2.45, 2.75) is 13.3 Å². The third-order valence-corrected chi connectivity index (χ3v) is 1.48. The fourth-order valence-electron chi connectivity index (χ4n) is 0.521. The molecule has 0 aliphatic heterocycles. The zero-order valence-corrected chi connectivity index (χ0v) is 8.13. The standard InChI is InChI=1S/C7H12O5S/c1-2-3-5-11-6-4-7-12-13(8,9)10/h4-7H2,1H3,(H,8,9,10). The van der Waals surface area contributed by atoms with Gasteiger partial charge < -0.3 is 4.74 Å². The van der Waals surface area contributed by atoms with Gasteiger partial charge in [0.05, 0.1) is 13.2 Å². The average molecular weight is 208 g/mol. The van der Waals surface area contributed by atoms with Gasteiger partial charge in [0.1, 0.15) is 6.61 Å². The van der Waals surface area contributed by atoms with Gasteiger partial charge in [-0.05, 0) is 13.3 Å². The summed E-state index contributed by atoms with van der Waals surface area (Å²) in [7, 11) is -4.31. The number of rotatable bonds is 6. The maximum absolute atomic E-state index is 10.0. The highest BCUT2D eigenvalue weighted by molar-refractivity contribution is 7.80. The summed E-state index contributed by atoms with van der Waals surface area (Å²) in [5.74, 6) is 5.32. The van der Waals surface area contributed by atoms with Gasteiger partial charge in [-0.2, -0.15) is 8.42 Å². The molecule has 0 amide bonds. The van der Waals surface area contributed by atoms with E-state index in [2.05, 4.69) is 16.0 Å². The van der Waals surface area contributed by atoms with Crippen molar-refractivity contribution in [1.29, 1.82) is 0 Å². The van der Waals surface area contributed by atoms with E-state index in [1.165, 1.54) is 0 Å². The zero-order valence-electron chi connectivity index (χ0n) is 7.32. The Balaban J connectivity index is 3.21. The molecular weight excluding hydrogens is 196 g/mol. The Hall–Kier alpha value is -0.610. The largest absolute Gasteiger partial charge is 0.397 e. The van der Waals surface area contributed by atoms with Crippen molar-refractivity contribution in [2.75, 3.05) is 19.8 Å². The van der Waals surface area contributed by atoms with Crippen LogP contribution in [0.2, 0.25) is 0 Å². The fraction of sp³-hybridized carbons (Fsp3) is 0.714. The molecule has 1 N–H and O–H groups in total. The molecule has 0 aromatic heterocycles. The molecule has 0 rings (SSSR count). The van der Waals surface area contributed by atoms with Crippen LogP contribution in [0.1, 0.15) is 13.3 Å². The Morgan fingerprint density at radius 2 is 2.08 bits per heavy atom. The molecule has 0 aliphatic rings. The van der Waals surface area contributed by atoms with E-state index in [-0.39, 0.29) is 6.61 Å². The summed E-state index contributed by atoms with van der Waals surface area (Å²) in [5, 5.41) is 0. The number of hydrogen-bond donors (Lipinski definition) is 1. The topological polar surface area (TPSA) is 72.8 Å². The second-order valence-corrected chi connectivity index (χ2v) is 3.17. The van der Waals surface area contributed by atoms with Crippen molar-refractivity contribution in [3.63, 3.8) is 0 Å². The van der Waals surface area contributed by atoms with Crippen molar-refractivity contribution >= 4 is 10.4 Å². The first kappa shape index (κ1) is 12.4. The van der Waals surface area contributed by atoms with Crippen molar-refractivity contribution in [1.82, 2.24) is 0 Å². The maximum atomic E-state index is 10.0. The molecule has 76 valence electrons. The molecule has 0 spiro atoms. The van der Waals surface area contributed by atoms with E-state index in [9.17, 15) is 8.42 Å². The minimum atomic E-state index is -4.31. The van der Waals surface area contributed by atoms with Crippen LogP contribution >= 0.6 is 0 Å². The summed E-state index contributed by atoms with van der Waals surface area (Å²) in [6, 6.07) is 0. The summed E-state index contributed by atoms with van der Waals surface area (Å²) in [4.78, 5) is 0.